The predicted molar refractivity (Wildman–Crippen MR) is 153 cm³/mol. The zero-order valence-electron chi connectivity index (χ0n) is 25.5. The summed E-state index contributed by atoms with van der Waals surface area (Å²) in [6.45, 7) is 4.52. The van der Waals surface area contributed by atoms with E-state index in [4.69, 9.17) is 5.11 Å². The summed E-state index contributed by atoms with van der Waals surface area (Å²) in [7, 11) is 0. The minimum absolute atomic E-state index is 0. The number of carbonyl (C=O) groups excluding carboxylic acids is 1. The van der Waals surface area contributed by atoms with Crippen LogP contribution in [0, 0.1) is 0 Å². The topological polar surface area (TPSA) is 77.4 Å². The van der Waals surface area contributed by atoms with Crippen LogP contribution < -0.4 is 34.7 Å². The monoisotopic (exact) mass is 534 g/mol. The first kappa shape index (κ1) is 41.4. The Labute approximate surface area is 253 Å². The van der Waals surface area contributed by atoms with Gasteiger partial charge in [0, 0.05) is 12.4 Å². The van der Waals surface area contributed by atoms with Gasteiger partial charge in [0.15, 0.2) is 0 Å². The predicted octanol–water partition coefficient (Wildman–Crippen LogP) is 6.77. The third-order valence-electron chi connectivity index (χ3n) is 6.98. The van der Waals surface area contributed by atoms with Crippen LogP contribution in [-0.2, 0) is 9.59 Å². The number of unbranched alkanes of at least 4 members (excludes halogenated alkanes) is 24. The SMILES string of the molecule is CCCCCCCCCCCCCCCC(=O)O.CCCCCCCCCCCCCCCC(=O)[O-].[Na+]. The van der Waals surface area contributed by atoms with Gasteiger partial charge in [-0.05, 0) is 19.3 Å². The summed E-state index contributed by atoms with van der Waals surface area (Å²) in [5.74, 6) is -1.56. The molecule has 0 rings (SSSR count). The first-order valence-corrected chi connectivity index (χ1v) is 16.0. The van der Waals surface area contributed by atoms with Gasteiger partial charge in [-0.25, -0.2) is 0 Å². The Morgan fingerprint density at radius 1 is 0.432 bits per heavy atom. The fourth-order valence-electron chi connectivity index (χ4n) is 4.58. The second-order valence-corrected chi connectivity index (χ2v) is 10.8. The van der Waals surface area contributed by atoms with E-state index < -0.39 is 11.9 Å². The van der Waals surface area contributed by atoms with Crippen LogP contribution in [0.5, 0.6) is 0 Å². The quantitative estimate of drug-likeness (QED) is 0.0887. The molecular formula is C32H63NaO4. The van der Waals surface area contributed by atoms with Crippen LogP contribution in [0.25, 0.3) is 0 Å². The molecule has 0 aromatic heterocycles. The summed E-state index contributed by atoms with van der Waals surface area (Å²) in [4.78, 5) is 20.5. The number of hydrogen-bond donors (Lipinski definition) is 1. The van der Waals surface area contributed by atoms with Crippen molar-refractivity contribution in [3.05, 3.63) is 0 Å². The van der Waals surface area contributed by atoms with E-state index in [1.54, 1.807) is 0 Å². The summed E-state index contributed by atoms with van der Waals surface area (Å²) >= 11 is 0. The van der Waals surface area contributed by atoms with Crippen LogP contribution in [0.2, 0.25) is 0 Å². The Bertz CT molecular complexity index is 403. The second kappa shape index (κ2) is 38.1. The molecule has 5 heteroatoms. The molecule has 0 aliphatic rings. The third kappa shape index (κ3) is 46.2. The average molecular weight is 535 g/mol. The maximum absolute atomic E-state index is 10.3. The van der Waals surface area contributed by atoms with Gasteiger partial charge < -0.3 is 15.0 Å². The minimum Gasteiger partial charge on any atom is -0.550 e. The first-order valence-electron chi connectivity index (χ1n) is 16.0. The van der Waals surface area contributed by atoms with Crippen LogP contribution >= 0.6 is 0 Å². The summed E-state index contributed by atoms with van der Waals surface area (Å²) in [6.07, 6.45) is 34.2. The Balaban J connectivity index is -0.000000608. The fraction of sp³-hybridized carbons (Fsp3) is 0.938. The van der Waals surface area contributed by atoms with Crippen molar-refractivity contribution < 1.29 is 49.4 Å². The molecule has 0 saturated heterocycles. The van der Waals surface area contributed by atoms with Gasteiger partial charge in [-0.1, -0.05) is 168 Å². The molecule has 0 bridgehead atoms. The van der Waals surface area contributed by atoms with Crippen molar-refractivity contribution in [2.24, 2.45) is 0 Å². The Kier molecular flexibility index (Phi) is 42.6. The molecule has 0 unspecified atom stereocenters. The summed E-state index contributed by atoms with van der Waals surface area (Å²) in [5, 5.41) is 18.7. The average Bonchev–Trinajstić information content (AvgIpc) is 2.85. The number of hydrogen-bond acceptors (Lipinski definition) is 3. The zero-order chi connectivity index (χ0) is 27.0. The van der Waals surface area contributed by atoms with Crippen molar-refractivity contribution in [2.75, 3.05) is 0 Å². The molecule has 0 amide bonds. The van der Waals surface area contributed by atoms with Crippen molar-refractivity contribution >= 4 is 11.9 Å². The number of rotatable bonds is 28. The standard InChI is InChI=1S/2C16H32O2.Na/c2*1-2-3-4-5-6-7-8-9-10-11-12-13-14-15-16(17)18;/h2*2-15H2,1H3,(H,17,18);/q;;+1/p-1. The van der Waals surface area contributed by atoms with Crippen LogP contribution in [0.15, 0.2) is 0 Å². The van der Waals surface area contributed by atoms with E-state index in [0.29, 0.717) is 6.42 Å². The summed E-state index contributed by atoms with van der Waals surface area (Å²) in [6, 6.07) is 0. The van der Waals surface area contributed by atoms with Crippen LogP contribution in [-0.4, -0.2) is 17.0 Å². The number of aliphatic carboxylic acids is 2. The van der Waals surface area contributed by atoms with Crippen molar-refractivity contribution in [3.8, 4) is 0 Å². The normalized spacial score (nSPS) is 10.4. The van der Waals surface area contributed by atoms with Crippen molar-refractivity contribution in [2.45, 2.75) is 194 Å². The molecular weight excluding hydrogens is 471 g/mol. The molecule has 0 radical (unpaired) electrons. The van der Waals surface area contributed by atoms with Gasteiger partial charge in [0.1, 0.15) is 0 Å². The summed E-state index contributed by atoms with van der Waals surface area (Å²) < 4.78 is 0. The zero-order valence-corrected chi connectivity index (χ0v) is 27.5. The van der Waals surface area contributed by atoms with Gasteiger partial charge in [-0.2, -0.15) is 0 Å². The molecule has 0 spiro atoms. The molecule has 0 saturated carbocycles. The van der Waals surface area contributed by atoms with E-state index in [2.05, 4.69) is 13.8 Å². The molecule has 0 heterocycles. The van der Waals surface area contributed by atoms with E-state index in [9.17, 15) is 14.7 Å². The Morgan fingerprint density at radius 2 is 0.649 bits per heavy atom. The first-order chi connectivity index (χ1) is 17.5. The molecule has 0 aromatic rings. The number of carbonyl (C=O) groups is 2. The van der Waals surface area contributed by atoms with E-state index in [-0.39, 0.29) is 36.0 Å². The molecule has 1 N–H and O–H groups in total. The maximum atomic E-state index is 10.3. The minimum atomic E-state index is -0.905. The molecule has 0 aliphatic heterocycles. The van der Waals surface area contributed by atoms with Gasteiger partial charge in [0.05, 0.1) is 0 Å². The van der Waals surface area contributed by atoms with E-state index in [1.165, 1.54) is 141 Å². The number of carboxylic acid groups (broad SMARTS) is 2. The molecule has 0 aliphatic carbocycles. The van der Waals surface area contributed by atoms with E-state index >= 15 is 0 Å². The van der Waals surface area contributed by atoms with Gasteiger partial charge >= 0.3 is 35.5 Å². The largest absolute Gasteiger partial charge is 1.00 e. The Morgan fingerprint density at radius 3 is 0.865 bits per heavy atom. The second-order valence-electron chi connectivity index (χ2n) is 10.8. The maximum Gasteiger partial charge on any atom is 1.00 e. The molecule has 37 heavy (non-hydrogen) atoms. The summed E-state index contributed by atoms with van der Waals surface area (Å²) in [5.41, 5.74) is 0. The Hall–Kier alpha value is -0.0600. The van der Waals surface area contributed by atoms with Crippen molar-refractivity contribution in [3.63, 3.8) is 0 Å². The van der Waals surface area contributed by atoms with E-state index in [0.717, 1.165) is 25.7 Å². The fourth-order valence-corrected chi connectivity index (χ4v) is 4.58. The van der Waals surface area contributed by atoms with Crippen LogP contribution in [0.1, 0.15) is 194 Å². The van der Waals surface area contributed by atoms with Crippen LogP contribution in [0.3, 0.4) is 0 Å². The van der Waals surface area contributed by atoms with Gasteiger partial charge in [0.2, 0.25) is 0 Å². The van der Waals surface area contributed by atoms with Gasteiger partial charge in [0.25, 0.3) is 0 Å². The number of carboxylic acids is 2. The van der Waals surface area contributed by atoms with Crippen molar-refractivity contribution in [1.29, 1.82) is 0 Å². The van der Waals surface area contributed by atoms with Gasteiger partial charge in [-0.3, -0.25) is 4.79 Å². The molecule has 216 valence electrons. The third-order valence-corrected chi connectivity index (χ3v) is 6.98. The van der Waals surface area contributed by atoms with Crippen LogP contribution in [0.4, 0.5) is 0 Å². The van der Waals surface area contributed by atoms with E-state index in [1.807, 2.05) is 0 Å². The van der Waals surface area contributed by atoms with Gasteiger partial charge in [-0.15, -0.1) is 0 Å². The molecule has 0 atom stereocenters. The molecule has 0 fully saturated rings. The molecule has 4 nitrogen and oxygen atoms in total. The smallest absolute Gasteiger partial charge is 0.550 e. The molecule has 0 aromatic carbocycles. The van der Waals surface area contributed by atoms with Crippen molar-refractivity contribution in [1.82, 2.24) is 0 Å².